The Balaban J connectivity index is 1.43. The lowest BCUT2D eigenvalue weighted by Crippen LogP contribution is -2.45. The summed E-state index contributed by atoms with van der Waals surface area (Å²) in [7, 11) is -2.14. The van der Waals surface area contributed by atoms with Crippen molar-refractivity contribution >= 4 is 26.0 Å². The summed E-state index contributed by atoms with van der Waals surface area (Å²) in [5.74, 6) is -1.82. The maximum absolute atomic E-state index is 13.2. The molecule has 40 heavy (non-hydrogen) atoms. The van der Waals surface area contributed by atoms with Crippen LogP contribution in [0.5, 0.6) is 0 Å². The number of carbonyl (C=O) groups is 3. The Labute approximate surface area is 234 Å². The van der Waals surface area contributed by atoms with E-state index in [1.807, 2.05) is 30.3 Å². The van der Waals surface area contributed by atoms with Gasteiger partial charge in [0.15, 0.2) is 12.3 Å². The maximum Gasteiger partial charge on any atom is 0.508 e. The van der Waals surface area contributed by atoms with Crippen molar-refractivity contribution in [3.63, 3.8) is 0 Å². The van der Waals surface area contributed by atoms with E-state index >= 15 is 0 Å². The Kier molecular flexibility index (Phi) is 13.0. The minimum atomic E-state index is -2.14. The number of ether oxygens (including phenoxy) is 1. The van der Waals surface area contributed by atoms with Crippen LogP contribution in [0.2, 0.25) is 0 Å². The van der Waals surface area contributed by atoms with Crippen molar-refractivity contribution in [2.75, 3.05) is 19.3 Å². The molecule has 1 aliphatic heterocycles. The number of rotatable bonds is 16. The van der Waals surface area contributed by atoms with Crippen molar-refractivity contribution < 1.29 is 37.7 Å². The predicted octanol–water partition coefficient (Wildman–Crippen LogP) is 5.45. The minimum Gasteiger partial charge on any atom is -0.480 e. The fourth-order valence-electron chi connectivity index (χ4n) is 4.53. The highest BCUT2D eigenvalue weighted by Gasteiger charge is 2.40. The largest absolute Gasteiger partial charge is 0.508 e. The number of aryl methyl sites for hydroxylation is 1. The van der Waals surface area contributed by atoms with Gasteiger partial charge in [0.05, 0.1) is 0 Å². The second-order valence-electron chi connectivity index (χ2n) is 9.75. The number of hydrogen-bond donors (Lipinski definition) is 2. The first-order valence-corrected chi connectivity index (χ1v) is 15.0. The summed E-state index contributed by atoms with van der Waals surface area (Å²) in [5, 5.41) is 12.2. The zero-order chi connectivity index (χ0) is 28.7. The quantitative estimate of drug-likeness (QED) is 0.202. The van der Waals surface area contributed by atoms with Crippen LogP contribution in [0.3, 0.4) is 0 Å². The first-order valence-electron chi connectivity index (χ1n) is 13.7. The van der Waals surface area contributed by atoms with E-state index < -0.39 is 38.1 Å². The van der Waals surface area contributed by atoms with E-state index in [2.05, 4.69) is 5.32 Å². The molecular weight excluding hydrogens is 538 g/mol. The molecule has 2 N–H and O–H groups in total. The van der Waals surface area contributed by atoms with Gasteiger partial charge in [-0.15, -0.1) is 4.52 Å². The van der Waals surface area contributed by atoms with Crippen molar-refractivity contribution in [3.05, 3.63) is 71.5 Å². The zero-order valence-corrected chi connectivity index (χ0v) is 23.4. The summed E-state index contributed by atoms with van der Waals surface area (Å²) in [5.41, 5.74) is 1.86. The molecule has 0 radical (unpaired) electrons. The molecule has 0 spiro atoms. The van der Waals surface area contributed by atoms with E-state index in [0.29, 0.717) is 51.6 Å². The van der Waals surface area contributed by atoms with E-state index in [1.54, 1.807) is 12.1 Å². The number of halogens is 1. The standard InChI is InChI=1S/C29H36FN2O7P/c30-24-16-14-22(15-17-24)9-5-7-20-40(37)39-26(27(33)32-19-8-12-25(32)28(34)35)13-4-6-18-31-29(36)38-21-23-10-2-1-3-11-23/h1-3,10-11,14-17,25-26H,4-9,12-13,18-21H2,(H-,31,34,35,36)/p+1/t25-,26-/m0/s1. The normalized spacial score (nSPS) is 15.9. The Bertz CT molecular complexity index is 1120. The van der Waals surface area contributed by atoms with Crippen molar-refractivity contribution in [1.82, 2.24) is 10.2 Å². The number of alkyl carbamates (subject to hydrolysis) is 1. The third-order valence-electron chi connectivity index (χ3n) is 6.69. The summed E-state index contributed by atoms with van der Waals surface area (Å²) < 4.78 is 36.7. The Hall–Kier alpha value is -3.36. The third kappa shape index (κ3) is 10.7. The number of likely N-dealkylation sites (tertiary alicyclic amines) is 1. The topological polar surface area (TPSA) is 122 Å². The Morgan fingerprint density at radius 1 is 1.02 bits per heavy atom. The molecule has 11 heteroatoms. The van der Waals surface area contributed by atoms with Crippen LogP contribution in [-0.4, -0.2) is 59.4 Å². The second-order valence-corrected chi connectivity index (χ2v) is 11.1. The average Bonchev–Trinajstić information content (AvgIpc) is 3.45. The number of nitrogens with one attached hydrogen (secondary N) is 1. The molecule has 1 aliphatic rings. The van der Waals surface area contributed by atoms with Crippen LogP contribution in [-0.2, 0) is 36.4 Å². The molecule has 3 rings (SSSR count). The van der Waals surface area contributed by atoms with Gasteiger partial charge in [-0.25, -0.2) is 14.0 Å². The van der Waals surface area contributed by atoms with Gasteiger partial charge in [-0.1, -0.05) is 42.5 Å². The van der Waals surface area contributed by atoms with Gasteiger partial charge in [-0.3, -0.25) is 4.79 Å². The van der Waals surface area contributed by atoms with Gasteiger partial charge < -0.3 is 20.1 Å². The first-order chi connectivity index (χ1) is 19.3. The lowest BCUT2D eigenvalue weighted by molar-refractivity contribution is -0.151. The molecule has 1 fully saturated rings. The summed E-state index contributed by atoms with van der Waals surface area (Å²) >= 11 is 0. The first kappa shape index (κ1) is 31.2. The second kappa shape index (κ2) is 16.7. The van der Waals surface area contributed by atoms with E-state index in [4.69, 9.17) is 9.26 Å². The van der Waals surface area contributed by atoms with Gasteiger partial charge >= 0.3 is 20.1 Å². The highest BCUT2D eigenvalue weighted by atomic mass is 31.1. The number of hydrogen-bond acceptors (Lipinski definition) is 6. The van der Waals surface area contributed by atoms with Crippen molar-refractivity contribution in [1.29, 1.82) is 0 Å². The van der Waals surface area contributed by atoms with Crippen LogP contribution < -0.4 is 5.32 Å². The van der Waals surface area contributed by atoms with Gasteiger partial charge in [0.2, 0.25) is 0 Å². The number of amides is 2. The maximum atomic E-state index is 13.2. The van der Waals surface area contributed by atoms with Crippen LogP contribution in [0.4, 0.5) is 9.18 Å². The number of benzene rings is 2. The SMILES string of the molecule is O=C(NCCCC[C@H](O[P+](=O)CCCCc1ccc(F)cc1)C(=O)N1CCC[C@H]1C(=O)O)OCc1ccccc1. The molecule has 216 valence electrons. The van der Waals surface area contributed by atoms with Crippen LogP contribution in [0.25, 0.3) is 0 Å². The average molecular weight is 576 g/mol. The van der Waals surface area contributed by atoms with Gasteiger partial charge in [0, 0.05) is 13.1 Å². The molecule has 9 nitrogen and oxygen atoms in total. The summed E-state index contributed by atoms with van der Waals surface area (Å²) in [6, 6.07) is 14.6. The van der Waals surface area contributed by atoms with Gasteiger partial charge in [-0.2, -0.15) is 0 Å². The molecule has 0 aromatic heterocycles. The van der Waals surface area contributed by atoms with E-state index in [-0.39, 0.29) is 25.0 Å². The van der Waals surface area contributed by atoms with Crippen LogP contribution in [0, 0.1) is 5.82 Å². The number of carboxylic acids is 1. The van der Waals surface area contributed by atoms with Gasteiger partial charge in [0.1, 0.15) is 18.5 Å². The van der Waals surface area contributed by atoms with E-state index in [9.17, 15) is 28.4 Å². The lowest BCUT2D eigenvalue weighted by atomic mass is 10.1. The molecule has 3 atom stereocenters. The number of carboxylic acid groups (broad SMARTS) is 1. The number of unbranched alkanes of at least 4 members (excludes halogenated alkanes) is 2. The van der Waals surface area contributed by atoms with E-state index in [0.717, 1.165) is 17.5 Å². The molecule has 1 heterocycles. The Morgan fingerprint density at radius 2 is 1.77 bits per heavy atom. The lowest BCUT2D eigenvalue weighted by Gasteiger charge is -2.24. The van der Waals surface area contributed by atoms with Crippen LogP contribution >= 0.6 is 8.03 Å². The fourth-order valence-corrected chi connectivity index (χ4v) is 5.60. The monoisotopic (exact) mass is 575 g/mol. The molecule has 0 aliphatic carbocycles. The number of carbonyl (C=O) groups excluding carboxylic acids is 2. The summed E-state index contributed by atoms with van der Waals surface area (Å²) in [4.78, 5) is 38.1. The minimum absolute atomic E-state index is 0.161. The number of nitrogens with zero attached hydrogens (tertiary/aromatic N) is 1. The molecule has 2 aromatic carbocycles. The number of aliphatic carboxylic acids is 1. The van der Waals surface area contributed by atoms with Gasteiger partial charge in [0.25, 0.3) is 5.91 Å². The summed E-state index contributed by atoms with van der Waals surface area (Å²) in [6.45, 7) is 0.805. The van der Waals surface area contributed by atoms with Crippen LogP contribution in [0.15, 0.2) is 54.6 Å². The van der Waals surface area contributed by atoms with Crippen molar-refractivity contribution in [3.8, 4) is 0 Å². The highest BCUT2D eigenvalue weighted by molar-refractivity contribution is 7.39. The smallest absolute Gasteiger partial charge is 0.480 e. The molecule has 0 saturated carbocycles. The van der Waals surface area contributed by atoms with E-state index in [1.165, 1.54) is 17.0 Å². The van der Waals surface area contributed by atoms with Crippen molar-refractivity contribution in [2.45, 2.75) is 70.1 Å². The summed E-state index contributed by atoms with van der Waals surface area (Å²) in [6.07, 6.45) is 2.97. The highest BCUT2D eigenvalue weighted by Crippen LogP contribution is 2.30. The van der Waals surface area contributed by atoms with Gasteiger partial charge in [-0.05, 0) is 79.2 Å². The zero-order valence-electron chi connectivity index (χ0n) is 22.5. The fraction of sp³-hybridized carbons (Fsp3) is 0.483. The molecule has 1 saturated heterocycles. The molecule has 1 unspecified atom stereocenters. The predicted molar refractivity (Wildman–Crippen MR) is 148 cm³/mol. The third-order valence-corrected chi connectivity index (χ3v) is 7.86. The molecular formula is C29H37FN2O7P+. The molecule has 2 aromatic rings. The molecule has 0 bridgehead atoms. The molecule has 2 amide bonds. The van der Waals surface area contributed by atoms with Crippen LogP contribution in [0.1, 0.15) is 56.1 Å². The Morgan fingerprint density at radius 3 is 2.50 bits per heavy atom. The van der Waals surface area contributed by atoms with Crippen molar-refractivity contribution in [2.24, 2.45) is 0 Å².